The average molecular weight is 296 g/mol. The summed E-state index contributed by atoms with van der Waals surface area (Å²) < 4.78 is 37.7. The second kappa shape index (κ2) is 6.07. The van der Waals surface area contributed by atoms with E-state index in [2.05, 4.69) is 20.3 Å². The molecular weight excluding hydrogens is 281 g/mol. The van der Waals surface area contributed by atoms with E-state index in [0.717, 1.165) is 23.5 Å². The number of nitrogens with zero attached hydrogens (tertiary/aromatic N) is 3. The Morgan fingerprint density at radius 1 is 1.19 bits per heavy atom. The van der Waals surface area contributed by atoms with Gasteiger partial charge < -0.3 is 5.32 Å². The van der Waals surface area contributed by atoms with Crippen molar-refractivity contribution in [2.75, 3.05) is 5.32 Å². The quantitative estimate of drug-likeness (QED) is 0.941. The molecule has 0 bridgehead atoms. The number of hydrogen-bond donors (Lipinski definition) is 1. The van der Waals surface area contributed by atoms with E-state index in [1.54, 1.807) is 6.20 Å². The number of rotatable bonds is 4. The minimum atomic E-state index is -4.47. The summed E-state index contributed by atoms with van der Waals surface area (Å²) in [5, 5.41) is 2.87. The first-order valence-electron chi connectivity index (χ1n) is 6.43. The summed E-state index contributed by atoms with van der Waals surface area (Å²) in [6.45, 7) is 3.79. The highest BCUT2D eigenvalue weighted by Gasteiger charge is 2.32. The van der Waals surface area contributed by atoms with Gasteiger partial charge in [-0.25, -0.2) is 9.97 Å². The number of hydrogen-bond acceptors (Lipinski definition) is 4. The normalized spacial score (nSPS) is 13.0. The molecule has 0 fully saturated rings. The maximum Gasteiger partial charge on any atom is 0.433 e. The Bertz CT molecular complexity index is 613. The summed E-state index contributed by atoms with van der Waals surface area (Å²) in [6, 6.07) is 4.49. The molecular formula is C14H15F3N4. The number of halogens is 3. The van der Waals surface area contributed by atoms with Crippen molar-refractivity contribution in [1.29, 1.82) is 0 Å². The Kier molecular flexibility index (Phi) is 4.40. The lowest BCUT2D eigenvalue weighted by atomic mass is 10.1. The van der Waals surface area contributed by atoms with Crippen LogP contribution in [0.5, 0.6) is 0 Å². The van der Waals surface area contributed by atoms with Crippen molar-refractivity contribution in [1.82, 2.24) is 15.0 Å². The topological polar surface area (TPSA) is 50.7 Å². The maximum atomic E-state index is 12.6. The van der Waals surface area contributed by atoms with Crippen molar-refractivity contribution in [3.05, 3.63) is 47.5 Å². The van der Waals surface area contributed by atoms with Crippen molar-refractivity contribution in [2.45, 2.75) is 32.5 Å². The first kappa shape index (κ1) is 15.2. The molecule has 7 heteroatoms. The van der Waals surface area contributed by atoms with Crippen LogP contribution in [0.25, 0.3) is 0 Å². The molecule has 112 valence electrons. The predicted octanol–water partition coefficient (Wildman–Crippen LogP) is 3.24. The molecule has 0 saturated carbocycles. The van der Waals surface area contributed by atoms with Crippen LogP contribution in [0.2, 0.25) is 0 Å². The zero-order chi connectivity index (χ0) is 15.5. The van der Waals surface area contributed by atoms with E-state index in [4.69, 9.17) is 0 Å². The number of nitrogens with one attached hydrogen (secondary N) is 1. The predicted molar refractivity (Wildman–Crippen MR) is 72.8 cm³/mol. The minimum Gasteiger partial charge on any atom is -0.351 e. The van der Waals surface area contributed by atoms with Crippen molar-refractivity contribution in [3.63, 3.8) is 0 Å². The number of anilines is 1. The zero-order valence-electron chi connectivity index (χ0n) is 11.6. The van der Waals surface area contributed by atoms with Gasteiger partial charge in [-0.15, -0.1) is 0 Å². The Morgan fingerprint density at radius 3 is 2.62 bits per heavy atom. The lowest BCUT2D eigenvalue weighted by Crippen LogP contribution is -2.22. The van der Waals surface area contributed by atoms with Gasteiger partial charge >= 0.3 is 6.18 Å². The van der Waals surface area contributed by atoms with Gasteiger partial charge in [0.25, 0.3) is 0 Å². The SMILES string of the molecule is Cc1cccnc1C[C@H](C)Nc1nccc(C(F)(F)F)n1. The summed E-state index contributed by atoms with van der Waals surface area (Å²) >= 11 is 0. The molecule has 4 nitrogen and oxygen atoms in total. The second-order valence-corrected chi connectivity index (χ2v) is 4.78. The van der Waals surface area contributed by atoms with E-state index in [1.165, 1.54) is 0 Å². The van der Waals surface area contributed by atoms with Gasteiger partial charge in [0.2, 0.25) is 5.95 Å². The summed E-state index contributed by atoms with van der Waals surface area (Å²) in [7, 11) is 0. The average Bonchev–Trinajstić information content (AvgIpc) is 2.41. The van der Waals surface area contributed by atoms with Crippen LogP contribution >= 0.6 is 0 Å². The fourth-order valence-corrected chi connectivity index (χ4v) is 1.88. The maximum absolute atomic E-state index is 12.6. The molecule has 0 radical (unpaired) electrons. The molecule has 1 atom stereocenters. The number of aryl methyl sites for hydroxylation is 1. The zero-order valence-corrected chi connectivity index (χ0v) is 11.6. The van der Waals surface area contributed by atoms with Gasteiger partial charge in [0.15, 0.2) is 0 Å². The Balaban J connectivity index is 2.06. The van der Waals surface area contributed by atoms with E-state index < -0.39 is 11.9 Å². The monoisotopic (exact) mass is 296 g/mol. The summed E-state index contributed by atoms with van der Waals surface area (Å²) in [5.74, 6) is -0.0362. The molecule has 0 saturated heterocycles. The van der Waals surface area contributed by atoms with Crippen molar-refractivity contribution in [2.24, 2.45) is 0 Å². The van der Waals surface area contributed by atoms with Gasteiger partial charge in [-0.1, -0.05) is 6.07 Å². The number of alkyl halides is 3. The van der Waals surface area contributed by atoms with Crippen molar-refractivity contribution < 1.29 is 13.2 Å². The first-order chi connectivity index (χ1) is 9.86. The Hall–Kier alpha value is -2.18. The molecule has 1 N–H and O–H groups in total. The molecule has 0 spiro atoms. The molecule has 0 aliphatic heterocycles. The van der Waals surface area contributed by atoms with Crippen LogP contribution < -0.4 is 5.32 Å². The van der Waals surface area contributed by atoms with Crippen molar-refractivity contribution in [3.8, 4) is 0 Å². The third-order valence-corrected chi connectivity index (χ3v) is 2.94. The van der Waals surface area contributed by atoms with Gasteiger partial charge in [0.1, 0.15) is 5.69 Å². The highest BCUT2D eigenvalue weighted by molar-refractivity contribution is 5.29. The molecule has 0 unspecified atom stereocenters. The van der Waals surface area contributed by atoms with Gasteiger partial charge in [-0.05, 0) is 31.5 Å². The lowest BCUT2D eigenvalue weighted by Gasteiger charge is -2.15. The molecule has 2 rings (SSSR count). The highest BCUT2D eigenvalue weighted by atomic mass is 19.4. The minimum absolute atomic E-state index is 0.0362. The third-order valence-electron chi connectivity index (χ3n) is 2.94. The molecule has 0 aliphatic rings. The molecule has 0 aliphatic carbocycles. The molecule has 0 aromatic carbocycles. The molecule has 2 aromatic rings. The van der Waals surface area contributed by atoms with Crippen LogP contribution in [0.3, 0.4) is 0 Å². The van der Waals surface area contributed by atoms with Crippen molar-refractivity contribution >= 4 is 5.95 Å². The third kappa shape index (κ3) is 4.14. The summed E-state index contributed by atoms with van der Waals surface area (Å²) in [6.07, 6.45) is -1.11. The Morgan fingerprint density at radius 2 is 1.95 bits per heavy atom. The van der Waals surface area contributed by atoms with Gasteiger partial charge in [-0.2, -0.15) is 13.2 Å². The summed E-state index contributed by atoms with van der Waals surface area (Å²) in [4.78, 5) is 11.6. The van der Waals surface area contributed by atoms with E-state index >= 15 is 0 Å². The van der Waals surface area contributed by atoms with E-state index in [1.807, 2.05) is 26.0 Å². The van der Waals surface area contributed by atoms with Gasteiger partial charge in [0, 0.05) is 30.6 Å². The fraction of sp³-hybridized carbons (Fsp3) is 0.357. The van der Waals surface area contributed by atoms with Crippen LogP contribution in [0.1, 0.15) is 23.9 Å². The van der Waals surface area contributed by atoms with Gasteiger partial charge in [0.05, 0.1) is 0 Å². The lowest BCUT2D eigenvalue weighted by molar-refractivity contribution is -0.141. The Labute approximate surface area is 120 Å². The van der Waals surface area contributed by atoms with Crippen LogP contribution in [-0.4, -0.2) is 21.0 Å². The largest absolute Gasteiger partial charge is 0.433 e. The smallest absolute Gasteiger partial charge is 0.351 e. The number of pyridine rings is 1. The van der Waals surface area contributed by atoms with E-state index in [9.17, 15) is 13.2 Å². The van der Waals surface area contributed by atoms with Crippen LogP contribution in [0.4, 0.5) is 19.1 Å². The van der Waals surface area contributed by atoms with E-state index in [-0.39, 0.29) is 12.0 Å². The first-order valence-corrected chi connectivity index (χ1v) is 6.43. The fourth-order valence-electron chi connectivity index (χ4n) is 1.88. The number of aromatic nitrogens is 3. The standard InChI is InChI=1S/C14H15F3N4/c1-9-4-3-6-18-11(9)8-10(2)20-13-19-7-5-12(21-13)14(15,16)17/h3-7,10H,8H2,1-2H3,(H,19,20,21)/t10-/m0/s1. The van der Waals surface area contributed by atoms with Gasteiger partial charge in [-0.3, -0.25) is 4.98 Å². The molecule has 2 heterocycles. The second-order valence-electron chi connectivity index (χ2n) is 4.78. The van der Waals surface area contributed by atoms with Crippen LogP contribution in [-0.2, 0) is 12.6 Å². The van der Waals surface area contributed by atoms with E-state index in [0.29, 0.717) is 6.42 Å². The van der Waals surface area contributed by atoms with Crippen LogP contribution in [0, 0.1) is 6.92 Å². The highest BCUT2D eigenvalue weighted by Crippen LogP contribution is 2.27. The summed E-state index contributed by atoms with van der Waals surface area (Å²) in [5.41, 5.74) is 0.974. The molecule has 21 heavy (non-hydrogen) atoms. The van der Waals surface area contributed by atoms with Crippen LogP contribution in [0.15, 0.2) is 30.6 Å². The molecule has 2 aromatic heterocycles. The molecule has 0 amide bonds.